The zero-order valence-electron chi connectivity index (χ0n) is 16.4. The fraction of sp³-hybridized carbons (Fsp3) is 0.500. The summed E-state index contributed by atoms with van der Waals surface area (Å²) in [6.07, 6.45) is 2.79. The van der Waals surface area contributed by atoms with E-state index in [2.05, 4.69) is 4.98 Å². The topological polar surface area (TPSA) is 87.5 Å². The van der Waals surface area contributed by atoms with Crippen molar-refractivity contribution >= 4 is 23.0 Å². The van der Waals surface area contributed by atoms with Crippen LogP contribution in [0.15, 0.2) is 17.1 Å². The lowest BCUT2D eigenvalue weighted by atomic mass is 10.1. The Morgan fingerprint density at radius 3 is 2.57 bits per heavy atom. The van der Waals surface area contributed by atoms with Crippen LogP contribution < -0.4 is 5.43 Å². The molecule has 0 spiro atoms. The van der Waals surface area contributed by atoms with Crippen LogP contribution in [0.25, 0.3) is 11.0 Å². The molecular weight excluding hydrogens is 367 g/mol. The van der Waals surface area contributed by atoms with Crippen molar-refractivity contribution in [2.75, 3.05) is 6.61 Å². The van der Waals surface area contributed by atoms with Crippen molar-refractivity contribution in [2.24, 2.45) is 0 Å². The molecule has 0 N–H and O–H groups in total. The molecule has 2 aromatic heterocycles. The van der Waals surface area contributed by atoms with Crippen LogP contribution in [0.1, 0.15) is 62.6 Å². The monoisotopic (exact) mass is 390 g/mol. The van der Waals surface area contributed by atoms with E-state index in [0.717, 1.165) is 18.9 Å². The molecule has 28 heavy (non-hydrogen) atoms. The number of aromatic nitrogens is 2. The minimum absolute atomic E-state index is 0.0112. The number of fused-ring (bicyclic) bond motifs is 1. The first kappa shape index (κ1) is 20.0. The molecule has 7 nitrogen and oxygen atoms in total. The zero-order valence-corrected chi connectivity index (χ0v) is 16.4. The van der Waals surface area contributed by atoms with E-state index in [1.807, 2.05) is 0 Å². The van der Waals surface area contributed by atoms with E-state index in [1.54, 1.807) is 32.3 Å². The highest BCUT2D eigenvalue weighted by Crippen LogP contribution is 2.36. The summed E-state index contributed by atoms with van der Waals surface area (Å²) >= 11 is 0. The number of esters is 2. The van der Waals surface area contributed by atoms with Gasteiger partial charge in [-0.25, -0.2) is 14.2 Å². The Morgan fingerprint density at radius 2 is 2.00 bits per heavy atom. The molecule has 1 fully saturated rings. The largest absolute Gasteiger partial charge is 0.462 e. The Hall–Kier alpha value is -2.77. The summed E-state index contributed by atoms with van der Waals surface area (Å²) in [4.78, 5) is 41.1. The molecule has 0 unspecified atom stereocenters. The third kappa shape index (κ3) is 4.21. The molecule has 0 atom stereocenters. The molecule has 1 aliphatic carbocycles. The van der Waals surface area contributed by atoms with Crippen LogP contribution in [0.5, 0.6) is 0 Å². The minimum atomic E-state index is -0.793. The second kappa shape index (κ2) is 7.33. The first-order valence-corrected chi connectivity index (χ1v) is 9.24. The van der Waals surface area contributed by atoms with Gasteiger partial charge in [0.1, 0.15) is 22.6 Å². The molecule has 2 aromatic rings. The van der Waals surface area contributed by atoms with Gasteiger partial charge in [-0.15, -0.1) is 0 Å². The van der Waals surface area contributed by atoms with Crippen molar-refractivity contribution in [1.29, 1.82) is 0 Å². The van der Waals surface area contributed by atoms with Gasteiger partial charge in [-0.05, 0) is 46.6 Å². The molecule has 0 aromatic carbocycles. The number of hydrogen-bond donors (Lipinski definition) is 0. The summed E-state index contributed by atoms with van der Waals surface area (Å²) in [6.45, 7) is 6.92. The first-order chi connectivity index (χ1) is 13.1. The molecule has 8 heteroatoms. The zero-order chi connectivity index (χ0) is 20.6. The molecule has 2 heterocycles. The quantitative estimate of drug-likeness (QED) is 0.730. The highest BCUT2D eigenvalue weighted by molar-refractivity contribution is 5.93. The van der Waals surface area contributed by atoms with Gasteiger partial charge in [0, 0.05) is 12.2 Å². The third-order valence-corrected chi connectivity index (χ3v) is 4.20. The van der Waals surface area contributed by atoms with Crippen LogP contribution in [-0.2, 0) is 20.7 Å². The van der Waals surface area contributed by atoms with Gasteiger partial charge in [0.25, 0.3) is 0 Å². The first-order valence-electron chi connectivity index (χ1n) is 9.24. The van der Waals surface area contributed by atoms with Gasteiger partial charge in [0.2, 0.25) is 5.43 Å². The Kier molecular flexibility index (Phi) is 5.23. The molecule has 0 saturated heterocycles. The number of pyridine rings is 2. The van der Waals surface area contributed by atoms with Crippen LogP contribution in [0.3, 0.4) is 0 Å². The number of rotatable bonds is 5. The third-order valence-electron chi connectivity index (χ3n) is 4.20. The van der Waals surface area contributed by atoms with E-state index in [4.69, 9.17) is 9.47 Å². The summed E-state index contributed by atoms with van der Waals surface area (Å²) in [5.74, 6) is -2.15. The Labute approximate surface area is 161 Å². The molecule has 3 rings (SSSR count). The summed E-state index contributed by atoms with van der Waals surface area (Å²) in [5, 5.41) is -0.0112. The standard InChI is InChI=1S/C20H23FN2O5/c1-5-27-19(26)13-10-23(11-6-7-11)18-12(17(13)25)8-14(21)15(22-18)9-16(24)28-20(2,3)4/h8,10-11H,5-7,9H2,1-4H3. The van der Waals surface area contributed by atoms with E-state index >= 15 is 0 Å². The maximum absolute atomic E-state index is 14.6. The average molecular weight is 390 g/mol. The second-order valence-corrected chi connectivity index (χ2v) is 7.78. The predicted octanol–water partition coefficient (Wildman–Crippen LogP) is 2.93. The van der Waals surface area contributed by atoms with Crippen LogP contribution in [0, 0.1) is 5.82 Å². The van der Waals surface area contributed by atoms with Gasteiger partial charge in [0.15, 0.2) is 0 Å². The maximum atomic E-state index is 14.6. The molecule has 0 aliphatic heterocycles. The molecule has 0 radical (unpaired) electrons. The number of ether oxygens (including phenoxy) is 2. The van der Waals surface area contributed by atoms with Gasteiger partial charge in [0.05, 0.1) is 24.1 Å². The SMILES string of the molecule is CCOC(=O)c1cn(C2CC2)c2nc(CC(=O)OC(C)(C)C)c(F)cc2c1=O. The van der Waals surface area contributed by atoms with Crippen molar-refractivity contribution in [2.45, 2.75) is 58.6 Å². The highest BCUT2D eigenvalue weighted by atomic mass is 19.1. The number of nitrogens with zero attached hydrogens (tertiary/aromatic N) is 2. The number of carbonyl (C=O) groups is 2. The number of hydrogen-bond acceptors (Lipinski definition) is 6. The number of halogens is 1. The smallest absolute Gasteiger partial charge is 0.343 e. The summed E-state index contributed by atoms with van der Waals surface area (Å²) < 4.78 is 26.4. The highest BCUT2D eigenvalue weighted by Gasteiger charge is 2.29. The lowest BCUT2D eigenvalue weighted by Gasteiger charge is -2.19. The predicted molar refractivity (Wildman–Crippen MR) is 99.7 cm³/mol. The molecular formula is C20H23FN2O5. The summed E-state index contributed by atoms with van der Waals surface area (Å²) in [7, 11) is 0. The van der Waals surface area contributed by atoms with Crippen molar-refractivity contribution in [1.82, 2.24) is 9.55 Å². The van der Waals surface area contributed by atoms with E-state index in [9.17, 15) is 18.8 Å². The lowest BCUT2D eigenvalue weighted by molar-refractivity contribution is -0.154. The van der Waals surface area contributed by atoms with Crippen molar-refractivity contribution < 1.29 is 23.5 Å². The van der Waals surface area contributed by atoms with E-state index in [0.29, 0.717) is 0 Å². The summed E-state index contributed by atoms with van der Waals surface area (Å²) in [6, 6.07) is 1.11. The second-order valence-electron chi connectivity index (χ2n) is 7.78. The van der Waals surface area contributed by atoms with E-state index in [1.165, 1.54) is 6.20 Å². The van der Waals surface area contributed by atoms with Gasteiger partial charge in [-0.3, -0.25) is 9.59 Å². The van der Waals surface area contributed by atoms with Crippen LogP contribution in [0.4, 0.5) is 4.39 Å². The fourth-order valence-electron chi connectivity index (χ4n) is 2.91. The van der Waals surface area contributed by atoms with Crippen molar-refractivity contribution in [3.63, 3.8) is 0 Å². The van der Waals surface area contributed by atoms with Crippen molar-refractivity contribution in [3.8, 4) is 0 Å². The maximum Gasteiger partial charge on any atom is 0.343 e. The summed E-state index contributed by atoms with van der Waals surface area (Å²) in [5.41, 5.74) is -1.34. The van der Waals surface area contributed by atoms with Crippen LogP contribution >= 0.6 is 0 Å². The Balaban J connectivity index is 2.09. The van der Waals surface area contributed by atoms with Gasteiger partial charge in [-0.1, -0.05) is 0 Å². The number of carbonyl (C=O) groups excluding carboxylic acids is 2. The van der Waals surface area contributed by atoms with E-state index < -0.39 is 28.8 Å². The lowest BCUT2D eigenvalue weighted by Crippen LogP contribution is -2.26. The fourth-order valence-corrected chi connectivity index (χ4v) is 2.91. The molecule has 0 bridgehead atoms. The Bertz CT molecular complexity index is 1000. The molecule has 1 aliphatic rings. The minimum Gasteiger partial charge on any atom is -0.462 e. The molecule has 1 saturated carbocycles. The van der Waals surface area contributed by atoms with Crippen LogP contribution in [-0.4, -0.2) is 33.7 Å². The van der Waals surface area contributed by atoms with Crippen molar-refractivity contribution in [3.05, 3.63) is 39.6 Å². The molecule has 150 valence electrons. The average Bonchev–Trinajstić information content (AvgIpc) is 3.40. The van der Waals surface area contributed by atoms with Gasteiger partial charge >= 0.3 is 11.9 Å². The Morgan fingerprint density at radius 1 is 1.32 bits per heavy atom. The van der Waals surface area contributed by atoms with Gasteiger partial charge < -0.3 is 14.0 Å². The van der Waals surface area contributed by atoms with E-state index in [-0.39, 0.29) is 41.4 Å². The normalized spacial score (nSPS) is 14.2. The van der Waals surface area contributed by atoms with Gasteiger partial charge in [-0.2, -0.15) is 0 Å². The molecule has 0 amide bonds. The van der Waals surface area contributed by atoms with Crippen LogP contribution in [0.2, 0.25) is 0 Å².